The third-order valence-corrected chi connectivity index (χ3v) is 9.21. The molecule has 0 heterocycles. The van der Waals surface area contributed by atoms with E-state index in [1.54, 1.807) is 6.08 Å². The number of rotatable bonds is 34. The summed E-state index contributed by atoms with van der Waals surface area (Å²) < 4.78 is 23.4. The molecule has 50 heavy (non-hydrogen) atoms. The Morgan fingerprint density at radius 3 is 1.84 bits per heavy atom. The van der Waals surface area contributed by atoms with Gasteiger partial charge in [0.05, 0.1) is 39.9 Å². The van der Waals surface area contributed by atoms with Crippen molar-refractivity contribution in [1.82, 2.24) is 5.32 Å². The Balaban J connectivity index is 4.64. The molecule has 0 saturated heterocycles. The number of carbonyl (C=O) groups excluding carboxylic acids is 1. The molecule has 1 amide bonds. The van der Waals surface area contributed by atoms with E-state index in [1.807, 2.05) is 27.2 Å². The van der Waals surface area contributed by atoms with Crippen molar-refractivity contribution in [1.29, 1.82) is 0 Å². The van der Waals surface area contributed by atoms with E-state index in [1.165, 1.54) is 57.8 Å². The fourth-order valence-corrected chi connectivity index (χ4v) is 5.80. The minimum atomic E-state index is -4.35. The predicted octanol–water partition coefficient (Wildman–Crippen LogP) is 10.3. The molecule has 9 heteroatoms. The molecule has 0 bridgehead atoms. The SMILES string of the molecule is CC/C=C\C/C=C\C/C=C\CCCCCC(=O)NC(COP(=O)(O)OCC[N+](C)(C)C)C(O)/C=C/CC/C=C/CCCCCCCCCCC. The maximum Gasteiger partial charge on any atom is 0.472 e. The summed E-state index contributed by atoms with van der Waals surface area (Å²) in [6, 6.07) is -0.878. The molecule has 0 rings (SSSR count). The van der Waals surface area contributed by atoms with E-state index in [-0.39, 0.29) is 19.1 Å². The van der Waals surface area contributed by atoms with E-state index >= 15 is 0 Å². The molecular weight excluding hydrogens is 647 g/mol. The summed E-state index contributed by atoms with van der Waals surface area (Å²) in [6.45, 7) is 4.61. The lowest BCUT2D eigenvalue weighted by Crippen LogP contribution is -2.45. The molecule has 0 radical (unpaired) electrons. The maximum atomic E-state index is 12.8. The van der Waals surface area contributed by atoms with Crippen LogP contribution < -0.4 is 5.32 Å². The molecule has 3 N–H and O–H groups in total. The number of carbonyl (C=O) groups is 1. The largest absolute Gasteiger partial charge is 0.472 e. The molecule has 290 valence electrons. The zero-order chi connectivity index (χ0) is 37.2. The number of allylic oxidation sites excluding steroid dienone is 9. The van der Waals surface area contributed by atoms with Gasteiger partial charge in [0.15, 0.2) is 0 Å². The summed E-state index contributed by atoms with van der Waals surface area (Å²) >= 11 is 0. The van der Waals surface area contributed by atoms with Crippen molar-refractivity contribution in [2.45, 2.75) is 154 Å². The molecule has 0 aliphatic rings. The number of unbranched alkanes of at least 4 members (excludes halogenated alkanes) is 13. The number of likely N-dealkylation sites (N-methyl/N-ethyl adjacent to an activating group) is 1. The van der Waals surface area contributed by atoms with E-state index in [4.69, 9.17) is 9.05 Å². The molecule has 0 aliphatic carbocycles. The van der Waals surface area contributed by atoms with Crippen LogP contribution in [-0.4, -0.2) is 73.4 Å². The fourth-order valence-electron chi connectivity index (χ4n) is 5.07. The van der Waals surface area contributed by atoms with E-state index in [2.05, 4.69) is 67.8 Å². The van der Waals surface area contributed by atoms with Gasteiger partial charge in [-0.1, -0.05) is 132 Å². The summed E-state index contributed by atoms with van der Waals surface area (Å²) in [5.41, 5.74) is 0. The lowest BCUT2D eigenvalue weighted by molar-refractivity contribution is -0.870. The molecular formula is C41H76N2O6P+. The number of quaternary nitrogens is 1. The van der Waals surface area contributed by atoms with Gasteiger partial charge in [0, 0.05) is 6.42 Å². The number of aliphatic hydroxyl groups is 1. The van der Waals surface area contributed by atoms with Crippen LogP contribution >= 0.6 is 7.82 Å². The van der Waals surface area contributed by atoms with Crippen LogP contribution in [0.4, 0.5) is 0 Å². The van der Waals surface area contributed by atoms with Gasteiger partial charge in [-0.05, 0) is 64.2 Å². The van der Waals surface area contributed by atoms with E-state index in [9.17, 15) is 19.4 Å². The number of nitrogens with zero attached hydrogens (tertiary/aromatic N) is 1. The fraction of sp³-hybridized carbons (Fsp3) is 0.732. The summed E-state index contributed by atoms with van der Waals surface area (Å²) in [5, 5.41) is 13.7. The zero-order valence-electron chi connectivity index (χ0n) is 32.6. The minimum Gasteiger partial charge on any atom is -0.387 e. The molecule has 0 saturated carbocycles. The minimum absolute atomic E-state index is 0.0476. The Kier molecular flexibility index (Phi) is 31.9. The van der Waals surface area contributed by atoms with Gasteiger partial charge in [0.2, 0.25) is 5.91 Å². The average molecular weight is 724 g/mol. The lowest BCUT2D eigenvalue weighted by Gasteiger charge is -2.25. The highest BCUT2D eigenvalue weighted by Crippen LogP contribution is 2.43. The highest BCUT2D eigenvalue weighted by Gasteiger charge is 2.27. The Labute approximate surface area is 307 Å². The quantitative estimate of drug-likeness (QED) is 0.0264. The predicted molar refractivity (Wildman–Crippen MR) is 212 cm³/mol. The summed E-state index contributed by atoms with van der Waals surface area (Å²) in [7, 11) is 1.52. The molecule has 3 atom stereocenters. The Bertz CT molecular complexity index is 1000. The van der Waals surface area contributed by atoms with Crippen LogP contribution in [-0.2, 0) is 18.4 Å². The summed E-state index contributed by atoms with van der Waals surface area (Å²) in [4.78, 5) is 23.0. The first-order valence-corrected chi connectivity index (χ1v) is 21.2. The third kappa shape index (κ3) is 34.6. The van der Waals surface area contributed by atoms with Gasteiger partial charge >= 0.3 is 7.82 Å². The van der Waals surface area contributed by atoms with Gasteiger partial charge in [0.1, 0.15) is 13.2 Å². The molecule has 0 spiro atoms. The number of hydrogen-bond acceptors (Lipinski definition) is 5. The highest BCUT2D eigenvalue weighted by molar-refractivity contribution is 7.47. The van der Waals surface area contributed by atoms with Crippen molar-refractivity contribution in [2.75, 3.05) is 40.9 Å². The van der Waals surface area contributed by atoms with Gasteiger partial charge < -0.3 is 19.8 Å². The molecule has 0 aromatic carbocycles. The zero-order valence-corrected chi connectivity index (χ0v) is 33.5. The number of aliphatic hydroxyl groups excluding tert-OH is 1. The molecule has 0 aliphatic heterocycles. The Hall–Kier alpha value is -1.80. The van der Waals surface area contributed by atoms with Crippen LogP contribution in [0.1, 0.15) is 142 Å². The van der Waals surface area contributed by atoms with Gasteiger partial charge in [-0.2, -0.15) is 0 Å². The lowest BCUT2D eigenvalue weighted by atomic mass is 10.1. The third-order valence-electron chi connectivity index (χ3n) is 8.22. The molecule has 8 nitrogen and oxygen atoms in total. The standard InChI is InChI=1S/C41H75N2O6P/c1-6-8-10-12-14-16-18-20-21-23-24-26-28-30-32-34-40(44)39(38-49-50(46,47)48-37-36-43(3,4)5)42-41(45)35-33-31-29-27-25-22-19-17-15-13-11-9-7-2/h9,11,15,17,22,24-26,32,34,39-40,44H,6-8,10,12-14,16,18-21,23,27-31,33,35-38H2,1-5H3,(H-,42,45,46,47)/p+1/b11-9-,17-15-,25-22-,26-24+,34-32+. The van der Waals surface area contributed by atoms with Crippen molar-refractivity contribution >= 4 is 13.7 Å². The first-order chi connectivity index (χ1) is 24.0. The van der Waals surface area contributed by atoms with Gasteiger partial charge in [0.25, 0.3) is 0 Å². The molecule has 0 aromatic rings. The topological polar surface area (TPSA) is 105 Å². The van der Waals surface area contributed by atoms with Crippen molar-refractivity contribution < 1.29 is 32.9 Å². The highest BCUT2D eigenvalue weighted by atomic mass is 31.2. The Morgan fingerprint density at radius 1 is 0.700 bits per heavy atom. The number of phosphoric ester groups is 1. The van der Waals surface area contributed by atoms with Gasteiger partial charge in [-0.15, -0.1) is 0 Å². The van der Waals surface area contributed by atoms with Gasteiger partial charge in [-0.3, -0.25) is 13.8 Å². The number of nitrogens with one attached hydrogen (secondary N) is 1. The summed E-state index contributed by atoms with van der Waals surface area (Å²) in [5.74, 6) is -0.220. The van der Waals surface area contributed by atoms with Crippen LogP contribution in [0.5, 0.6) is 0 Å². The molecule has 3 unspecified atom stereocenters. The van der Waals surface area contributed by atoms with Crippen LogP contribution in [0.3, 0.4) is 0 Å². The molecule has 0 fully saturated rings. The van der Waals surface area contributed by atoms with Crippen LogP contribution in [0.25, 0.3) is 0 Å². The second kappa shape index (κ2) is 33.1. The second-order valence-electron chi connectivity index (χ2n) is 14.3. The number of hydrogen-bond donors (Lipinski definition) is 3. The molecule has 0 aromatic heterocycles. The second-order valence-corrected chi connectivity index (χ2v) is 15.7. The van der Waals surface area contributed by atoms with Crippen LogP contribution in [0.2, 0.25) is 0 Å². The van der Waals surface area contributed by atoms with Crippen LogP contribution in [0, 0.1) is 0 Å². The number of phosphoric acid groups is 1. The monoisotopic (exact) mass is 724 g/mol. The first kappa shape index (κ1) is 48.2. The van der Waals surface area contributed by atoms with Crippen molar-refractivity contribution in [3.63, 3.8) is 0 Å². The van der Waals surface area contributed by atoms with Crippen molar-refractivity contribution in [3.8, 4) is 0 Å². The van der Waals surface area contributed by atoms with Crippen LogP contribution in [0.15, 0.2) is 60.8 Å². The van der Waals surface area contributed by atoms with E-state index in [0.29, 0.717) is 17.4 Å². The first-order valence-electron chi connectivity index (χ1n) is 19.7. The van der Waals surface area contributed by atoms with E-state index < -0.39 is 20.0 Å². The summed E-state index contributed by atoms with van der Waals surface area (Å²) in [6.07, 6.45) is 41.5. The van der Waals surface area contributed by atoms with Crippen molar-refractivity contribution in [2.24, 2.45) is 0 Å². The average Bonchev–Trinajstić information content (AvgIpc) is 3.06. The maximum absolute atomic E-state index is 12.8. The van der Waals surface area contributed by atoms with Crippen molar-refractivity contribution in [3.05, 3.63) is 60.8 Å². The normalized spacial score (nSPS) is 15.3. The van der Waals surface area contributed by atoms with Gasteiger partial charge in [-0.25, -0.2) is 4.57 Å². The van der Waals surface area contributed by atoms with E-state index in [0.717, 1.165) is 64.2 Å². The smallest absolute Gasteiger partial charge is 0.387 e. The number of amides is 1. The Morgan fingerprint density at radius 2 is 1.22 bits per heavy atom.